The number of nitrogens with one attached hydrogen (secondary N) is 1. The summed E-state index contributed by atoms with van der Waals surface area (Å²) in [7, 11) is 0. The van der Waals surface area contributed by atoms with Crippen LogP contribution >= 0.6 is 35.3 Å². The van der Waals surface area contributed by atoms with Crippen molar-refractivity contribution in [2.45, 2.75) is 19.8 Å². The molecule has 20 heavy (non-hydrogen) atoms. The first-order valence-corrected chi connectivity index (χ1v) is 7.15. The maximum absolute atomic E-state index is 5.82. The molecular weight excluding hydrogens is 383 g/mol. The summed E-state index contributed by atoms with van der Waals surface area (Å²) in [6, 6.07) is 9.80. The zero-order valence-electron chi connectivity index (χ0n) is 11.4. The zero-order valence-corrected chi connectivity index (χ0v) is 14.5. The van der Waals surface area contributed by atoms with Gasteiger partial charge in [-0.2, -0.15) is 0 Å². The van der Waals surface area contributed by atoms with Crippen LogP contribution in [0.15, 0.2) is 40.7 Å². The normalized spacial score (nSPS) is 10.9. The number of aliphatic imine (C=N–C) groups is 1. The fourth-order valence-electron chi connectivity index (χ4n) is 1.66. The molecule has 1 heterocycles. The summed E-state index contributed by atoms with van der Waals surface area (Å²) in [5.74, 6) is 0.460. The molecule has 0 bridgehead atoms. The number of anilines is 1. The number of thiazole rings is 1. The summed E-state index contributed by atoms with van der Waals surface area (Å²) >= 11 is 1.70. The average molecular weight is 402 g/mol. The Morgan fingerprint density at radius 2 is 2.10 bits per heavy atom. The molecule has 0 fully saturated rings. The van der Waals surface area contributed by atoms with Gasteiger partial charge in [0.25, 0.3) is 0 Å². The summed E-state index contributed by atoms with van der Waals surface area (Å²) in [5.41, 5.74) is 7.86. The molecule has 0 saturated carbocycles. The molecule has 0 aliphatic carbocycles. The molecule has 0 saturated heterocycles. The van der Waals surface area contributed by atoms with Crippen LogP contribution in [0.5, 0.6) is 0 Å². The second-order valence-corrected chi connectivity index (χ2v) is 5.19. The highest BCUT2D eigenvalue weighted by Gasteiger charge is 1.98. The third-order valence-electron chi connectivity index (χ3n) is 2.54. The van der Waals surface area contributed by atoms with Gasteiger partial charge in [-0.25, -0.2) is 4.98 Å². The second-order valence-electron chi connectivity index (χ2n) is 4.24. The van der Waals surface area contributed by atoms with Crippen LogP contribution in [0.2, 0.25) is 0 Å². The van der Waals surface area contributed by atoms with Gasteiger partial charge in [0.05, 0.1) is 5.01 Å². The monoisotopic (exact) mass is 402 g/mol. The Balaban J connectivity index is 0.00000200. The van der Waals surface area contributed by atoms with E-state index in [1.54, 1.807) is 11.3 Å². The minimum Gasteiger partial charge on any atom is -0.370 e. The smallest absolute Gasteiger partial charge is 0.193 e. The van der Waals surface area contributed by atoms with Crippen LogP contribution in [0.1, 0.15) is 17.1 Å². The van der Waals surface area contributed by atoms with Crippen LogP contribution in [-0.2, 0) is 6.42 Å². The van der Waals surface area contributed by atoms with Crippen LogP contribution in [0, 0.1) is 6.92 Å². The molecule has 0 unspecified atom stereocenters. The number of benzene rings is 1. The molecule has 0 spiro atoms. The van der Waals surface area contributed by atoms with E-state index in [0.717, 1.165) is 24.2 Å². The van der Waals surface area contributed by atoms with Gasteiger partial charge in [0.15, 0.2) is 5.96 Å². The number of hydrogen-bond donors (Lipinski definition) is 2. The minimum atomic E-state index is 0. The quantitative estimate of drug-likeness (QED) is 0.349. The number of halogens is 1. The molecule has 0 atom stereocenters. The summed E-state index contributed by atoms with van der Waals surface area (Å²) in [4.78, 5) is 8.72. The lowest BCUT2D eigenvalue weighted by Gasteiger charge is -2.04. The maximum Gasteiger partial charge on any atom is 0.193 e. The predicted molar refractivity (Wildman–Crippen MR) is 97.1 cm³/mol. The molecule has 1 aromatic heterocycles. The molecule has 0 aliphatic heterocycles. The van der Waals surface area contributed by atoms with Gasteiger partial charge in [-0.15, -0.1) is 35.3 Å². The molecular formula is C14H19IN4S. The molecule has 108 valence electrons. The molecule has 6 heteroatoms. The first-order chi connectivity index (χ1) is 9.24. The van der Waals surface area contributed by atoms with E-state index >= 15 is 0 Å². The van der Waals surface area contributed by atoms with Crippen LogP contribution in [0.25, 0.3) is 0 Å². The lowest BCUT2D eigenvalue weighted by atomic mass is 10.3. The first-order valence-electron chi connectivity index (χ1n) is 6.27. The summed E-state index contributed by atoms with van der Waals surface area (Å²) in [5, 5.41) is 6.30. The molecule has 0 amide bonds. The largest absolute Gasteiger partial charge is 0.370 e. The fourth-order valence-corrected chi connectivity index (χ4v) is 2.47. The van der Waals surface area contributed by atoms with Crippen LogP contribution in [0.4, 0.5) is 5.69 Å². The lowest BCUT2D eigenvalue weighted by molar-refractivity contribution is 0.823. The van der Waals surface area contributed by atoms with Crippen LogP contribution in [-0.4, -0.2) is 17.5 Å². The van der Waals surface area contributed by atoms with E-state index in [1.165, 1.54) is 5.01 Å². The van der Waals surface area contributed by atoms with Gasteiger partial charge >= 0.3 is 0 Å². The highest BCUT2D eigenvalue weighted by atomic mass is 127. The van der Waals surface area contributed by atoms with Crippen molar-refractivity contribution in [2.75, 3.05) is 11.9 Å². The summed E-state index contributed by atoms with van der Waals surface area (Å²) in [6.45, 7) is 2.73. The number of rotatable bonds is 5. The van der Waals surface area contributed by atoms with E-state index in [0.29, 0.717) is 12.5 Å². The van der Waals surface area contributed by atoms with Gasteiger partial charge in [-0.1, -0.05) is 18.2 Å². The van der Waals surface area contributed by atoms with Crippen molar-refractivity contribution in [3.8, 4) is 0 Å². The topological polar surface area (TPSA) is 63.3 Å². The van der Waals surface area contributed by atoms with Gasteiger partial charge in [0.1, 0.15) is 0 Å². The number of aromatic nitrogens is 1. The third-order valence-corrected chi connectivity index (χ3v) is 3.57. The number of para-hydroxylation sites is 1. The number of guanidine groups is 1. The minimum absolute atomic E-state index is 0. The van der Waals surface area contributed by atoms with Gasteiger partial charge in [0, 0.05) is 29.7 Å². The Bertz CT molecular complexity index is 539. The highest BCUT2D eigenvalue weighted by molar-refractivity contribution is 14.0. The number of nitrogens with zero attached hydrogens (tertiary/aromatic N) is 2. The summed E-state index contributed by atoms with van der Waals surface area (Å²) < 4.78 is 0. The molecule has 1 aromatic carbocycles. The van der Waals surface area contributed by atoms with Crippen molar-refractivity contribution in [3.05, 3.63) is 46.4 Å². The van der Waals surface area contributed by atoms with Crippen molar-refractivity contribution < 1.29 is 0 Å². The van der Waals surface area contributed by atoms with Gasteiger partial charge in [0.2, 0.25) is 0 Å². The third kappa shape index (κ3) is 5.87. The Morgan fingerprint density at radius 1 is 1.35 bits per heavy atom. The number of nitrogens with two attached hydrogens (primary N) is 1. The van der Waals surface area contributed by atoms with Crippen molar-refractivity contribution in [1.29, 1.82) is 0 Å². The highest BCUT2D eigenvalue weighted by Crippen LogP contribution is 2.10. The Labute approximate surface area is 140 Å². The molecule has 4 nitrogen and oxygen atoms in total. The number of hydrogen-bond acceptors (Lipinski definition) is 3. The Hall–Kier alpha value is -1.15. The van der Waals surface area contributed by atoms with E-state index in [2.05, 4.69) is 20.7 Å². The second kappa shape index (κ2) is 8.91. The molecule has 0 radical (unpaired) electrons. The Morgan fingerprint density at radius 3 is 2.75 bits per heavy atom. The first kappa shape index (κ1) is 16.9. The number of aryl methyl sites for hydroxylation is 2. The molecule has 0 aliphatic rings. The molecule has 2 rings (SSSR count). The van der Waals surface area contributed by atoms with Crippen molar-refractivity contribution >= 4 is 47.0 Å². The van der Waals surface area contributed by atoms with Crippen molar-refractivity contribution in [2.24, 2.45) is 10.7 Å². The van der Waals surface area contributed by atoms with E-state index < -0.39 is 0 Å². The standard InChI is InChI=1S/C14H18N4S.HI/c1-11-10-19-13(17-11)8-5-9-16-14(15)18-12-6-3-2-4-7-12;/h2-4,6-7,10H,5,8-9H2,1H3,(H3,15,16,18);1H. The maximum atomic E-state index is 5.82. The average Bonchev–Trinajstić information content (AvgIpc) is 2.82. The fraction of sp³-hybridized carbons (Fsp3) is 0.286. The van der Waals surface area contributed by atoms with E-state index in [4.69, 9.17) is 5.73 Å². The van der Waals surface area contributed by atoms with Gasteiger partial charge in [-0.3, -0.25) is 4.99 Å². The predicted octanol–water partition coefficient (Wildman–Crippen LogP) is 3.43. The zero-order chi connectivity index (χ0) is 13.5. The van der Waals surface area contributed by atoms with Crippen molar-refractivity contribution in [3.63, 3.8) is 0 Å². The Kier molecular flexibility index (Phi) is 7.53. The van der Waals surface area contributed by atoms with E-state index in [1.807, 2.05) is 37.3 Å². The van der Waals surface area contributed by atoms with Gasteiger partial charge < -0.3 is 11.1 Å². The SMILES string of the molecule is Cc1csc(CCCN=C(N)Nc2ccccc2)n1.I. The van der Waals surface area contributed by atoms with Crippen LogP contribution in [0.3, 0.4) is 0 Å². The van der Waals surface area contributed by atoms with Crippen LogP contribution < -0.4 is 11.1 Å². The molecule has 2 aromatic rings. The molecule has 3 N–H and O–H groups in total. The lowest BCUT2D eigenvalue weighted by Crippen LogP contribution is -2.22. The van der Waals surface area contributed by atoms with E-state index in [9.17, 15) is 0 Å². The van der Waals surface area contributed by atoms with Gasteiger partial charge in [-0.05, 0) is 25.5 Å². The van der Waals surface area contributed by atoms with Crippen molar-refractivity contribution in [1.82, 2.24) is 4.98 Å². The summed E-state index contributed by atoms with van der Waals surface area (Å²) in [6.07, 6.45) is 1.92. The van der Waals surface area contributed by atoms with E-state index in [-0.39, 0.29) is 24.0 Å².